The molecule has 1 amide bonds. The van der Waals surface area contributed by atoms with Gasteiger partial charge in [0, 0.05) is 11.8 Å². The summed E-state index contributed by atoms with van der Waals surface area (Å²) in [4.78, 5) is 28.3. The van der Waals surface area contributed by atoms with Gasteiger partial charge in [-0.25, -0.2) is 4.79 Å². The Balaban J connectivity index is 1.88. The highest BCUT2D eigenvalue weighted by Crippen LogP contribution is 2.26. The van der Waals surface area contributed by atoms with Gasteiger partial charge in [-0.2, -0.15) is 12.6 Å². The number of carboxylic acid groups (broad SMARTS) is 1. The molecule has 0 saturated heterocycles. The highest BCUT2D eigenvalue weighted by Gasteiger charge is 2.22. The lowest BCUT2D eigenvalue weighted by molar-refractivity contribution is -0.139. The second-order valence-corrected chi connectivity index (χ2v) is 7.05. The number of hydrogen-bond donors (Lipinski definition) is 3. The molecular weight excluding hydrogens is 400 g/mol. The first-order chi connectivity index (χ1) is 14.6. The minimum absolute atomic E-state index is 0.238. The number of nitrogens with zero attached hydrogens (tertiary/aromatic N) is 1. The Morgan fingerprint density at radius 2 is 1.90 bits per heavy atom. The molecule has 30 heavy (non-hydrogen) atoms. The predicted octanol–water partition coefficient (Wildman–Crippen LogP) is 3.83. The Bertz CT molecular complexity index is 997. The molecule has 1 heterocycles. The van der Waals surface area contributed by atoms with Crippen molar-refractivity contribution in [3.8, 4) is 16.9 Å². The quantitative estimate of drug-likeness (QED) is 0.456. The maximum atomic E-state index is 12.9. The summed E-state index contributed by atoms with van der Waals surface area (Å²) in [5.74, 6) is -0.521. The van der Waals surface area contributed by atoms with E-state index in [0.717, 1.165) is 11.1 Å². The summed E-state index contributed by atoms with van der Waals surface area (Å²) >= 11 is 4.08. The number of aromatic nitrogens is 1. The molecule has 0 aliphatic carbocycles. The molecule has 0 fully saturated rings. The van der Waals surface area contributed by atoms with Gasteiger partial charge in [-0.3, -0.25) is 9.78 Å². The summed E-state index contributed by atoms with van der Waals surface area (Å²) in [5.41, 5.74) is 2.83. The van der Waals surface area contributed by atoms with Crippen LogP contribution < -0.4 is 10.1 Å². The average Bonchev–Trinajstić information content (AvgIpc) is 2.78. The smallest absolute Gasteiger partial charge is 0.326 e. The van der Waals surface area contributed by atoms with Gasteiger partial charge in [-0.1, -0.05) is 36.4 Å². The highest BCUT2D eigenvalue weighted by atomic mass is 32.1. The lowest BCUT2D eigenvalue weighted by Gasteiger charge is -2.16. The number of carbonyl (C=O) groups excluding carboxylic acids is 1. The molecule has 2 aromatic carbocycles. The molecule has 1 unspecified atom stereocenters. The molecule has 7 heteroatoms. The van der Waals surface area contributed by atoms with Gasteiger partial charge in [0.2, 0.25) is 0 Å². The molecule has 0 saturated carbocycles. The molecule has 2 N–H and O–H groups in total. The van der Waals surface area contributed by atoms with Crippen LogP contribution in [0.1, 0.15) is 22.3 Å². The number of thiol groups is 1. The van der Waals surface area contributed by atoms with E-state index in [4.69, 9.17) is 4.74 Å². The van der Waals surface area contributed by atoms with E-state index in [0.29, 0.717) is 29.2 Å². The molecule has 3 rings (SSSR count). The molecule has 0 radical (unpaired) electrons. The van der Waals surface area contributed by atoms with Crippen LogP contribution in [0.4, 0.5) is 0 Å². The van der Waals surface area contributed by atoms with Crippen LogP contribution in [-0.4, -0.2) is 33.8 Å². The van der Waals surface area contributed by atoms with Crippen LogP contribution in [0.2, 0.25) is 0 Å². The minimum atomic E-state index is -1.08. The van der Waals surface area contributed by atoms with Gasteiger partial charge in [0.1, 0.15) is 18.4 Å². The van der Waals surface area contributed by atoms with E-state index in [9.17, 15) is 14.7 Å². The number of carboxylic acids is 1. The predicted molar refractivity (Wildman–Crippen MR) is 118 cm³/mol. The van der Waals surface area contributed by atoms with Crippen molar-refractivity contribution in [3.63, 3.8) is 0 Å². The summed E-state index contributed by atoms with van der Waals surface area (Å²) in [6, 6.07) is 17.5. The van der Waals surface area contributed by atoms with E-state index in [1.54, 1.807) is 30.6 Å². The zero-order valence-electron chi connectivity index (χ0n) is 16.2. The van der Waals surface area contributed by atoms with Crippen molar-refractivity contribution >= 4 is 24.5 Å². The molecule has 154 valence electrons. The summed E-state index contributed by atoms with van der Waals surface area (Å²) < 4.78 is 5.76. The normalized spacial score (nSPS) is 11.5. The van der Waals surface area contributed by atoms with E-state index in [-0.39, 0.29) is 6.42 Å². The number of nitrogens with one attached hydrogen (secondary N) is 1. The largest absolute Gasteiger partial charge is 0.487 e. The van der Waals surface area contributed by atoms with Crippen LogP contribution in [0, 0.1) is 0 Å². The summed E-state index contributed by atoms with van der Waals surface area (Å²) in [7, 11) is 0. The molecule has 0 spiro atoms. The van der Waals surface area contributed by atoms with Crippen molar-refractivity contribution < 1.29 is 19.4 Å². The number of aliphatic carboxylic acids is 1. The number of hydrogen-bond acceptors (Lipinski definition) is 5. The average molecular weight is 423 g/mol. The summed E-state index contributed by atoms with van der Waals surface area (Å²) in [6.45, 7) is 0.310. The van der Waals surface area contributed by atoms with E-state index in [1.807, 2.05) is 42.5 Å². The lowest BCUT2D eigenvalue weighted by atomic mass is 9.96. The van der Waals surface area contributed by atoms with Gasteiger partial charge >= 0.3 is 5.97 Å². The molecule has 0 aliphatic heterocycles. The molecule has 0 aliphatic rings. The van der Waals surface area contributed by atoms with Gasteiger partial charge in [-0.15, -0.1) is 0 Å². The third-order valence-corrected chi connectivity index (χ3v) is 4.73. The van der Waals surface area contributed by atoms with Crippen LogP contribution in [0.15, 0.2) is 73.1 Å². The number of benzene rings is 2. The first kappa shape index (κ1) is 21.4. The number of amides is 1. The third-order valence-electron chi connectivity index (χ3n) is 4.47. The fourth-order valence-corrected chi connectivity index (χ4v) is 3.22. The van der Waals surface area contributed by atoms with E-state index < -0.39 is 17.9 Å². The fraction of sp³-hybridized carbons (Fsp3) is 0.174. The van der Waals surface area contributed by atoms with Gasteiger partial charge in [0.25, 0.3) is 5.91 Å². The Morgan fingerprint density at radius 3 is 2.57 bits per heavy atom. The van der Waals surface area contributed by atoms with Crippen molar-refractivity contribution in [1.82, 2.24) is 10.3 Å². The monoisotopic (exact) mass is 422 g/mol. The van der Waals surface area contributed by atoms with Crippen LogP contribution in [0.5, 0.6) is 5.75 Å². The van der Waals surface area contributed by atoms with Gasteiger partial charge in [-0.05, 0) is 53.1 Å². The van der Waals surface area contributed by atoms with E-state index in [1.165, 1.54) is 0 Å². The Morgan fingerprint density at radius 1 is 1.10 bits per heavy atom. The van der Waals surface area contributed by atoms with Crippen LogP contribution in [0.3, 0.4) is 0 Å². The van der Waals surface area contributed by atoms with E-state index >= 15 is 0 Å². The number of pyridine rings is 1. The number of rotatable bonds is 9. The summed E-state index contributed by atoms with van der Waals surface area (Å²) in [6.07, 6.45) is 3.54. The van der Waals surface area contributed by atoms with Crippen LogP contribution in [0.25, 0.3) is 11.1 Å². The Labute approximate surface area is 180 Å². The second kappa shape index (κ2) is 10.5. The highest BCUT2D eigenvalue weighted by molar-refractivity contribution is 7.80. The fourth-order valence-electron chi connectivity index (χ4n) is 2.96. The van der Waals surface area contributed by atoms with Crippen molar-refractivity contribution in [2.45, 2.75) is 19.1 Å². The maximum absolute atomic E-state index is 12.9. The molecule has 6 nitrogen and oxygen atoms in total. The van der Waals surface area contributed by atoms with Gasteiger partial charge in [0.05, 0.1) is 6.20 Å². The standard InChI is InChI=1S/C23H22N2O4S/c26-22(25-21(10-12-30)23(27)28)19-9-8-16(15-29-18-7-4-11-24-14-18)13-20(19)17-5-2-1-3-6-17/h1-9,11,13-14,21,30H,10,12,15H2,(H,25,26)(H,27,28). The second-order valence-electron chi connectivity index (χ2n) is 6.60. The third kappa shape index (κ3) is 5.61. The van der Waals surface area contributed by atoms with Crippen LogP contribution in [-0.2, 0) is 11.4 Å². The Kier molecular flexibility index (Phi) is 7.45. The molecule has 3 aromatic rings. The lowest BCUT2D eigenvalue weighted by Crippen LogP contribution is -2.41. The SMILES string of the molecule is O=C(NC(CCS)C(=O)O)c1ccc(COc2cccnc2)cc1-c1ccccc1. The molecular formula is C23H22N2O4S. The van der Waals surface area contributed by atoms with Crippen molar-refractivity contribution in [2.75, 3.05) is 5.75 Å². The van der Waals surface area contributed by atoms with Crippen molar-refractivity contribution in [3.05, 3.63) is 84.2 Å². The van der Waals surface area contributed by atoms with Crippen molar-refractivity contribution in [2.24, 2.45) is 0 Å². The Hall–Kier alpha value is -3.32. The zero-order chi connectivity index (χ0) is 21.3. The van der Waals surface area contributed by atoms with Gasteiger partial charge in [0.15, 0.2) is 0 Å². The summed E-state index contributed by atoms with van der Waals surface area (Å²) in [5, 5.41) is 11.9. The molecule has 1 atom stereocenters. The molecule has 1 aromatic heterocycles. The van der Waals surface area contributed by atoms with E-state index in [2.05, 4.69) is 22.9 Å². The molecule has 0 bridgehead atoms. The first-order valence-corrected chi connectivity index (χ1v) is 10.1. The first-order valence-electron chi connectivity index (χ1n) is 9.44. The number of ether oxygens (including phenoxy) is 1. The minimum Gasteiger partial charge on any atom is -0.487 e. The van der Waals surface area contributed by atoms with Gasteiger partial charge < -0.3 is 15.2 Å². The van der Waals surface area contributed by atoms with Crippen molar-refractivity contribution in [1.29, 1.82) is 0 Å². The number of carbonyl (C=O) groups is 2. The maximum Gasteiger partial charge on any atom is 0.326 e. The zero-order valence-corrected chi connectivity index (χ0v) is 17.1. The topological polar surface area (TPSA) is 88.5 Å². The van der Waals surface area contributed by atoms with Crippen LogP contribution >= 0.6 is 12.6 Å².